The maximum Gasteiger partial charge on any atom is 0.330 e. The van der Waals surface area contributed by atoms with Gasteiger partial charge >= 0.3 is 5.69 Å². The van der Waals surface area contributed by atoms with Crippen molar-refractivity contribution in [3.05, 3.63) is 32.6 Å². The Balaban J connectivity index is 2.31. The van der Waals surface area contributed by atoms with E-state index in [1.807, 2.05) is 6.26 Å². The highest BCUT2D eigenvalue weighted by molar-refractivity contribution is 7.99. The van der Waals surface area contributed by atoms with Crippen LogP contribution >= 0.6 is 11.8 Å². The van der Waals surface area contributed by atoms with Crippen LogP contribution in [0, 0.1) is 6.92 Å². The number of aliphatic hydroxyl groups excluding tert-OH is 1. The summed E-state index contributed by atoms with van der Waals surface area (Å²) in [6.07, 6.45) is 3.38. The quantitative estimate of drug-likeness (QED) is 0.800. The molecule has 0 aliphatic carbocycles. The zero-order valence-corrected chi connectivity index (χ0v) is 11.1. The summed E-state index contributed by atoms with van der Waals surface area (Å²) in [6, 6.07) is 0. The standard InChI is InChI=1S/C11H16N2O4S/c1-6-4-13(11(16)12-10(6)15)9-3-8(18-2)7(5-14)17-9/h4,7-9,14H,3,5H2,1-2H3,(H,12,15,16)/t7-,8-,9-/m1/s1. The molecule has 1 saturated heterocycles. The van der Waals surface area contributed by atoms with Crippen LogP contribution < -0.4 is 11.2 Å². The predicted octanol–water partition coefficient (Wildman–Crippen LogP) is -0.144. The lowest BCUT2D eigenvalue weighted by atomic mass is 10.2. The molecule has 2 rings (SSSR count). The minimum Gasteiger partial charge on any atom is -0.394 e. The van der Waals surface area contributed by atoms with Crippen LogP contribution in [0.25, 0.3) is 0 Å². The zero-order valence-electron chi connectivity index (χ0n) is 10.3. The Morgan fingerprint density at radius 3 is 2.89 bits per heavy atom. The number of hydrogen-bond donors (Lipinski definition) is 2. The third-order valence-electron chi connectivity index (χ3n) is 3.12. The molecule has 0 radical (unpaired) electrons. The predicted molar refractivity (Wildman–Crippen MR) is 69.0 cm³/mol. The minimum atomic E-state index is -0.478. The van der Waals surface area contributed by atoms with Crippen molar-refractivity contribution in [1.82, 2.24) is 9.55 Å². The number of aromatic amines is 1. The fourth-order valence-corrected chi connectivity index (χ4v) is 2.89. The van der Waals surface area contributed by atoms with E-state index in [0.29, 0.717) is 12.0 Å². The van der Waals surface area contributed by atoms with E-state index in [9.17, 15) is 14.7 Å². The third-order valence-corrected chi connectivity index (χ3v) is 4.22. The van der Waals surface area contributed by atoms with Crippen molar-refractivity contribution >= 4 is 11.8 Å². The Kier molecular flexibility index (Phi) is 3.94. The molecular formula is C11H16N2O4S. The molecule has 3 atom stereocenters. The maximum atomic E-state index is 11.7. The molecule has 0 saturated carbocycles. The fourth-order valence-electron chi connectivity index (χ4n) is 2.08. The molecule has 1 aliphatic rings. The Morgan fingerprint density at radius 2 is 2.33 bits per heavy atom. The largest absolute Gasteiger partial charge is 0.394 e. The molecular weight excluding hydrogens is 256 g/mol. The monoisotopic (exact) mass is 272 g/mol. The van der Waals surface area contributed by atoms with E-state index in [1.165, 1.54) is 10.8 Å². The Bertz CT molecular complexity index is 527. The molecule has 2 heterocycles. The maximum absolute atomic E-state index is 11.7. The molecule has 1 fully saturated rings. The number of thioether (sulfide) groups is 1. The zero-order chi connectivity index (χ0) is 13.3. The fraction of sp³-hybridized carbons (Fsp3) is 0.636. The van der Waals surface area contributed by atoms with Crippen molar-refractivity contribution in [2.45, 2.75) is 30.9 Å². The van der Waals surface area contributed by atoms with Crippen molar-refractivity contribution < 1.29 is 9.84 Å². The lowest BCUT2D eigenvalue weighted by Gasteiger charge is -2.15. The smallest absolute Gasteiger partial charge is 0.330 e. The molecule has 7 heteroatoms. The molecule has 2 N–H and O–H groups in total. The average Bonchev–Trinajstić information content (AvgIpc) is 2.76. The second kappa shape index (κ2) is 5.29. The van der Waals surface area contributed by atoms with Gasteiger partial charge in [-0.05, 0) is 13.2 Å². The molecule has 1 aromatic heterocycles. The summed E-state index contributed by atoms with van der Waals surface area (Å²) in [5, 5.41) is 9.37. The second-order valence-electron chi connectivity index (χ2n) is 4.30. The van der Waals surface area contributed by atoms with Gasteiger partial charge in [0.15, 0.2) is 0 Å². The van der Waals surface area contributed by atoms with Crippen LogP contribution in [0.15, 0.2) is 15.8 Å². The van der Waals surface area contributed by atoms with Crippen LogP contribution in [0.4, 0.5) is 0 Å². The summed E-state index contributed by atoms with van der Waals surface area (Å²) in [5.41, 5.74) is -0.394. The molecule has 100 valence electrons. The Labute approximate surface area is 108 Å². The van der Waals surface area contributed by atoms with E-state index in [-0.39, 0.29) is 23.5 Å². The Hall–Kier alpha value is -1.05. The van der Waals surface area contributed by atoms with E-state index in [1.54, 1.807) is 18.7 Å². The van der Waals surface area contributed by atoms with Gasteiger partial charge in [-0.15, -0.1) is 0 Å². The second-order valence-corrected chi connectivity index (χ2v) is 5.38. The molecule has 0 unspecified atom stereocenters. The van der Waals surface area contributed by atoms with Gasteiger partial charge in [0.1, 0.15) is 6.23 Å². The van der Waals surface area contributed by atoms with Crippen molar-refractivity contribution in [2.24, 2.45) is 0 Å². The number of hydrogen-bond acceptors (Lipinski definition) is 5. The molecule has 0 amide bonds. The number of aryl methyl sites for hydroxylation is 1. The van der Waals surface area contributed by atoms with E-state index in [2.05, 4.69) is 4.98 Å². The van der Waals surface area contributed by atoms with Crippen molar-refractivity contribution in [3.8, 4) is 0 Å². The number of rotatable bonds is 3. The van der Waals surface area contributed by atoms with Crippen LogP contribution in [0.5, 0.6) is 0 Å². The summed E-state index contributed by atoms with van der Waals surface area (Å²) in [4.78, 5) is 25.3. The summed E-state index contributed by atoms with van der Waals surface area (Å²) < 4.78 is 7.03. The number of aliphatic hydroxyl groups is 1. The summed E-state index contributed by atoms with van der Waals surface area (Å²) >= 11 is 1.60. The first-order valence-corrected chi connectivity index (χ1v) is 6.96. The third kappa shape index (κ3) is 2.38. The topological polar surface area (TPSA) is 84.3 Å². The molecule has 1 aromatic rings. The van der Waals surface area contributed by atoms with Crippen LogP contribution in [-0.4, -0.2) is 38.9 Å². The van der Waals surface area contributed by atoms with Gasteiger partial charge in [0, 0.05) is 23.4 Å². The first kappa shape index (κ1) is 13.4. The van der Waals surface area contributed by atoms with Gasteiger partial charge in [-0.3, -0.25) is 14.3 Å². The molecule has 6 nitrogen and oxygen atoms in total. The summed E-state index contributed by atoms with van der Waals surface area (Å²) in [5.74, 6) is 0. The van der Waals surface area contributed by atoms with Gasteiger partial charge in [-0.1, -0.05) is 0 Å². The van der Waals surface area contributed by atoms with Crippen LogP contribution in [0.3, 0.4) is 0 Å². The molecule has 18 heavy (non-hydrogen) atoms. The average molecular weight is 272 g/mol. The Morgan fingerprint density at radius 1 is 1.61 bits per heavy atom. The number of aromatic nitrogens is 2. The normalized spacial score (nSPS) is 27.6. The minimum absolute atomic E-state index is 0.0703. The van der Waals surface area contributed by atoms with Gasteiger partial charge < -0.3 is 9.84 Å². The first-order valence-electron chi connectivity index (χ1n) is 5.68. The van der Waals surface area contributed by atoms with Gasteiger partial charge in [0.2, 0.25) is 0 Å². The van der Waals surface area contributed by atoms with Gasteiger partial charge in [-0.25, -0.2) is 4.79 Å². The molecule has 0 bridgehead atoms. The van der Waals surface area contributed by atoms with E-state index < -0.39 is 11.9 Å². The highest BCUT2D eigenvalue weighted by Crippen LogP contribution is 2.34. The number of nitrogens with one attached hydrogen (secondary N) is 1. The first-order chi connectivity index (χ1) is 8.56. The number of ether oxygens (including phenoxy) is 1. The van der Waals surface area contributed by atoms with Crippen molar-refractivity contribution in [2.75, 3.05) is 12.9 Å². The van der Waals surface area contributed by atoms with Gasteiger partial charge in [-0.2, -0.15) is 11.8 Å². The highest BCUT2D eigenvalue weighted by atomic mass is 32.2. The van der Waals surface area contributed by atoms with E-state index in [0.717, 1.165) is 0 Å². The van der Waals surface area contributed by atoms with Crippen LogP contribution in [-0.2, 0) is 4.74 Å². The summed E-state index contributed by atoms with van der Waals surface area (Å²) in [6.45, 7) is 1.57. The van der Waals surface area contributed by atoms with Crippen LogP contribution in [0.1, 0.15) is 18.2 Å². The van der Waals surface area contributed by atoms with Crippen molar-refractivity contribution in [3.63, 3.8) is 0 Å². The lowest BCUT2D eigenvalue weighted by Crippen LogP contribution is -2.33. The SMILES string of the molecule is CS[C@@H]1C[C@H](n2cc(C)c(=O)[nH]c2=O)O[C@@H]1CO. The van der Waals surface area contributed by atoms with E-state index >= 15 is 0 Å². The van der Waals surface area contributed by atoms with Crippen LogP contribution in [0.2, 0.25) is 0 Å². The van der Waals surface area contributed by atoms with Gasteiger partial charge in [0.05, 0.1) is 12.7 Å². The molecule has 0 aromatic carbocycles. The number of H-pyrrole nitrogens is 1. The van der Waals surface area contributed by atoms with E-state index in [4.69, 9.17) is 4.74 Å². The van der Waals surface area contributed by atoms with Gasteiger partial charge in [0.25, 0.3) is 5.56 Å². The lowest BCUT2D eigenvalue weighted by molar-refractivity contribution is -0.0238. The van der Waals surface area contributed by atoms with Crippen molar-refractivity contribution in [1.29, 1.82) is 0 Å². The highest BCUT2D eigenvalue weighted by Gasteiger charge is 2.35. The summed E-state index contributed by atoms with van der Waals surface area (Å²) in [7, 11) is 0. The molecule has 0 spiro atoms. The molecule has 1 aliphatic heterocycles. The number of nitrogens with zero attached hydrogens (tertiary/aromatic N) is 1.